The van der Waals surface area contributed by atoms with Gasteiger partial charge in [0.1, 0.15) is 0 Å². The molecular formula is C6H11NO. The normalized spacial score (nSPS) is 48.8. The SMILES string of the molecule is CC1(C)CCN2OC21. The highest BCUT2D eigenvalue weighted by Gasteiger charge is 2.53. The van der Waals surface area contributed by atoms with E-state index in [2.05, 4.69) is 18.9 Å². The average Bonchev–Trinajstić information content (AvgIpc) is 2.34. The van der Waals surface area contributed by atoms with Crippen molar-refractivity contribution in [1.82, 2.24) is 5.06 Å². The molecule has 8 heavy (non-hydrogen) atoms. The molecule has 0 amide bonds. The number of hydroxylamine groups is 2. The van der Waals surface area contributed by atoms with E-state index in [1.807, 2.05) is 0 Å². The Morgan fingerprint density at radius 3 is 2.50 bits per heavy atom. The molecule has 0 aromatic heterocycles. The second-order valence-electron chi connectivity index (χ2n) is 3.34. The molecule has 2 saturated heterocycles. The lowest BCUT2D eigenvalue weighted by Gasteiger charge is -2.13. The van der Waals surface area contributed by atoms with Crippen LogP contribution in [0.3, 0.4) is 0 Å². The third-order valence-corrected chi connectivity index (χ3v) is 2.10. The van der Waals surface area contributed by atoms with Crippen molar-refractivity contribution in [3.63, 3.8) is 0 Å². The summed E-state index contributed by atoms with van der Waals surface area (Å²) in [6.07, 6.45) is 1.75. The first kappa shape index (κ1) is 4.77. The number of fused-ring (bicyclic) bond motifs is 1. The Balaban J connectivity index is 2.17. The molecule has 0 N–H and O–H groups in total. The Hall–Kier alpha value is -0.0800. The van der Waals surface area contributed by atoms with Gasteiger partial charge in [-0.05, 0) is 6.42 Å². The van der Waals surface area contributed by atoms with Crippen LogP contribution in [-0.4, -0.2) is 17.8 Å². The Morgan fingerprint density at radius 1 is 1.62 bits per heavy atom. The molecule has 0 aromatic rings. The zero-order valence-corrected chi connectivity index (χ0v) is 5.35. The quantitative estimate of drug-likeness (QED) is 0.435. The molecule has 2 rings (SSSR count). The largest absolute Gasteiger partial charge is 0.275 e. The van der Waals surface area contributed by atoms with Gasteiger partial charge < -0.3 is 0 Å². The van der Waals surface area contributed by atoms with Gasteiger partial charge in [-0.3, -0.25) is 4.84 Å². The van der Waals surface area contributed by atoms with Gasteiger partial charge >= 0.3 is 0 Å². The molecule has 2 aliphatic rings. The van der Waals surface area contributed by atoms with Gasteiger partial charge in [0.25, 0.3) is 0 Å². The molecule has 2 unspecified atom stereocenters. The number of nitrogens with zero attached hydrogens (tertiary/aromatic N) is 1. The summed E-state index contributed by atoms with van der Waals surface area (Å²) in [5.41, 5.74) is 0.431. The lowest BCUT2D eigenvalue weighted by atomic mass is 9.92. The van der Waals surface area contributed by atoms with Crippen LogP contribution in [0.25, 0.3) is 0 Å². The zero-order chi connectivity index (χ0) is 5.78. The van der Waals surface area contributed by atoms with Crippen LogP contribution in [0.2, 0.25) is 0 Å². The molecule has 2 atom stereocenters. The number of hydrogen-bond donors (Lipinski definition) is 0. The van der Waals surface area contributed by atoms with E-state index in [-0.39, 0.29) is 0 Å². The second kappa shape index (κ2) is 1.09. The van der Waals surface area contributed by atoms with Gasteiger partial charge in [-0.15, -0.1) is 0 Å². The topological polar surface area (TPSA) is 15.5 Å². The summed E-state index contributed by atoms with van der Waals surface area (Å²) in [6.45, 7) is 5.65. The molecule has 0 saturated carbocycles. The lowest BCUT2D eigenvalue weighted by Crippen LogP contribution is -2.14. The zero-order valence-electron chi connectivity index (χ0n) is 5.35. The van der Waals surface area contributed by atoms with Crippen molar-refractivity contribution < 1.29 is 4.84 Å². The molecule has 2 heteroatoms. The minimum Gasteiger partial charge on any atom is -0.275 e. The van der Waals surface area contributed by atoms with Crippen molar-refractivity contribution in [2.45, 2.75) is 26.5 Å². The summed E-state index contributed by atoms with van der Waals surface area (Å²) in [4.78, 5) is 5.20. The first-order chi connectivity index (χ1) is 3.70. The van der Waals surface area contributed by atoms with Gasteiger partial charge in [-0.2, -0.15) is 5.06 Å². The minimum atomic E-state index is 0.431. The third kappa shape index (κ3) is 0.446. The average molecular weight is 113 g/mol. The molecule has 46 valence electrons. The molecule has 0 aromatic carbocycles. The maximum atomic E-state index is 5.20. The molecular weight excluding hydrogens is 102 g/mol. The predicted molar refractivity (Wildman–Crippen MR) is 30.0 cm³/mol. The molecule has 2 nitrogen and oxygen atoms in total. The smallest absolute Gasteiger partial charge is 0.159 e. The molecule has 0 aliphatic carbocycles. The maximum absolute atomic E-state index is 5.20. The van der Waals surface area contributed by atoms with Crippen LogP contribution >= 0.6 is 0 Å². The summed E-state index contributed by atoms with van der Waals surface area (Å²) in [5, 5.41) is 2.06. The van der Waals surface area contributed by atoms with Gasteiger partial charge in [0, 0.05) is 12.0 Å². The molecule has 0 bridgehead atoms. The fourth-order valence-corrected chi connectivity index (χ4v) is 1.33. The van der Waals surface area contributed by atoms with Gasteiger partial charge in [0.05, 0.1) is 0 Å². The minimum absolute atomic E-state index is 0.431. The van der Waals surface area contributed by atoms with Gasteiger partial charge in [0.15, 0.2) is 6.23 Å². The summed E-state index contributed by atoms with van der Waals surface area (Å²) in [7, 11) is 0. The Bertz CT molecular complexity index is 122. The standard InChI is InChI=1S/C6H11NO/c1-6(2)3-4-7-5(6)8-7/h5H,3-4H2,1-2H3. The highest BCUT2D eigenvalue weighted by molar-refractivity contribution is 4.90. The maximum Gasteiger partial charge on any atom is 0.159 e. The molecule has 2 heterocycles. The van der Waals surface area contributed by atoms with Crippen molar-refractivity contribution in [2.24, 2.45) is 5.41 Å². The lowest BCUT2D eigenvalue weighted by molar-refractivity contribution is 0.140. The fraction of sp³-hybridized carbons (Fsp3) is 1.00. The summed E-state index contributed by atoms with van der Waals surface area (Å²) in [5.74, 6) is 0. The van der Waals surface area contributed by atoms with Crippen molar-refractivity contribution >= 4 is 0 Å². The van der Waals surface area contributed by atoms with Crippen molar-refractivity contribution in [3.05, 3.63) is 0 Å². The number of rotatable bonds is 0. The predicted octanol–water partition coefficient (Wildman–Crippen LogP) is 0.990. The Labute approximate surface area is 49.4 Å². The van der Waals surface area contributed by atoms with Gasteiger partial charge in [-0.25, -0.2) is 0 Å². The fourth-order valence-electron chi connectivity index (χ4n) is 1.33. The van der Waals surface area contributed by atoms with E-state index < -0.39 is 0 Å². The van der Waals surface area contributed by atoms with Gasteiger partial charge in [0.2, 0.25) is 0 Å². The van der Waals surface area contributed by atoms with Crippen LogP contribution in [0.15, 0.2) is 0 Å². The highest BCUT2D eigenvalue weighted by atomic mass is 16.8. The monoisotopic (exact) mass is 113 g/mol. The van der Waals surface area contributed by atoms with E-state index in [9.17, 15) is 0 Å². The van der Waals surface area contributed by atoms with Crippen molar-refractivity contribution in [3.8, 4) is 0 Å². The summed E-state index contributed by atoms with van der Waals surface area (Å²) in [6, 6.07) is 0. The van der Waals surface area contributed by atoms with Crippen LogP contribution in [0.5, 0.6) is 0 Å². The van der Waals surface area contributed by atoms with E-state index in [1.54, 1.807) is 0 Å². The molecule has 0 radical (unpaired) electrons. The van der Waals surface area contributed by atoms with Crippen LogP contribution in [0.1, 0.15) is 20.3 Å². The molecule has 0 spiro atoms. The first-order valence-corrected chi connectivity index (χ1v) is 3.13. The summed E-state index contributed by atoms with van der Waals surface area (Å²) >= 11 is 0. The van der Waals surface area contributed by atoms with E-state index in [0.29, 0.717) is 11.6 Å². The van der Waals surface area contributed by atoms with E-state index in [1.165, 1.54) is 6.42 Å². The van der Waals surface area contributed by atoms with Crippen molar-refractivity contribution in [1.29, 1.82) is 0 Å². The van der Waals surface area contributed by atoms with E-state index in [4.69, 9.17) is 4.84 Å². The van der Waals surface area contributed by atoms with E-state index in [0.717, 1.165) is 6.54 Å². The first-order valence-electron chi connectivity index (χ1n) is 3.13. The third-order valence-electron chi connectivity index (χ3n) is 2.10. The van der Waals surface area contributed by atoms with Gasteiger partial charge in [-0.1, -0.05) is 13.8 Å². The second-order valence-corrected chi connectivity index (χ2v) is 3.34. The van der Waals surface area contributed by atoms with Crippen molar-refractivity contribution in [2.75, 3.05) is 6.54 Å². The Kier molecular flexibility index (Phi) is 0.649. The summed E-state index contributed by atoms with van der Waals surface area (Å²) < 4.78 is 0. The molecule has 2 aliphatic heterocycles. The van der Waals surface area contributed by atoms with Crippen LogP contribution in [-0.2, 0) is 4.84 Å². The highest BCUT2D eigenvalue weighted by Crippen LogP contribution is 2.46. The Morgan fingerprint density at radius 2 is 2.38 bits per heavy atom. The van der Waals surface area contributed by atoms with Crippen LogP contribution in [0, 0.1) is 5.41 Å². The van der Waals surface area contributed by atoms with E-state index >= 15 is 0 Å². The molecule has 2 fully saturated rings. The number of hydrogen-bond acceptors (Lipinski definition) is 2. The van der Waals surface area contributed by atoms with Crippen LogP contribution in [0.4, 0.5) is 0 Å². The van der Waals surface area contributed by atoms with Crippen LogP contribution < -0.4 is 0 Å².